The minimum atomic E-state index is -1.15. The first kappa shape index (κ1) is 12.7. The molecule has 5 nitrogen and oxygen atoms in total. The Morgan fingerprint density at radius 1 is 1.44 bits per heavy atom. The molecule has 1 aromatic carbocycles. The van der Waals surface area contributed by atoms with E-state index >= 15 is 0 Å². The molecule has 2 rings (SSSR count). The van der Waals surface area contributed by atoms with Crippen LogP contribution < -0.4 is 5.32 Å². The number of benzene rings is 1. The van der Waals surface area contributed by atoms with E-state index in [9.17, 15) is 9.00 Å². The molecule has 0 saturated heterocycles. The van der Waals surface area contributed by atoms with Crippen molar-refractivity contribution in [2.75, 3.05) is 11.6 Å². The number of thiazole rings is 1. The van der Waals surface area contributed by atoms with Gasteiger partial charge in [-0.1, -0.05) is 18.2 Å². The maximum atomic E-state index is 11.6. The summed E-state index contributed by atoms with van der Waals surface area (Å²) >= 11 is 1.19. The first-order valence-corrected chi connectivity index (χ1v) is 7.40. The monoisotopic (exact) mass is 282 g/mol. The van der Waals surface area contributed by atoms with E-state index in [-0.39, 0.29) is 0 Å². The summed E-state index contributed by atoms with van der Waals surface area (Å²) in [5.41, 5.74) is 1.38. The Kier molecular flexibility index (Phi) is 3.73. The van der Waals surface area contributed by atoms with E-state index in [1.165, 1.54) is 11.3 Å². The van der Waals surface area contributed by atoms with Gasteiger partial charge in [0.2, 0.25) is 0 Å². The van der Waals surface area contributed by atoms with E-state index in [1.54, 1.807) is 17.7 Å². The lowest BCUT2D eigenvalue weighted by Gasteiger charge is -2.03. The minimum Gasteiger partial charge on any atom is -0.465 e. The molecule has 1 amide bonds. The molecule has 0 saturated carbocycles. The van der Waals surface area contributed by atoms with Crippen LogP contribution in [0.3, 0.4) is 0 Å². The Morgan fingerprint density at radius 3 is 2.83 bits per heavy atom. The van der Waals surface area contributed by atoms with Gasteiger partial charge in [0.25, 0.3) is 0 Å². The number of hydrogen-bond acceptors (Lipinski definition) is 4. The van der Waals surface area contributed by atoms with Crippen LogP contribution in [0.15, 0.2) is 34.5 Å². The second-order valence-corrected chi connectivity index (χ2v) is 5.62. The fraction of sp³-hybridized carbons (Fsp3) is 0.0909. The summed E-state index contributed by atoms with van der Waals surface area (Å²) in [6.07, 6.45) is 0.449. The molecule has 2 aromatic rings. The molecule has 1 aromatic heterocycles. The zero-order valence-corrected chi connectivity index (χ0v) is 11.0. The highest BCUT2D eigenvalue weighted by Gasteiger charge is 2.11. The average molecular weight is 282 g/mol. The third-order valence-electron chi connectivity index (χ3n) is 2.19. The van der Waals surface area contributed by atoms with Gasteiger partial charge in [-0.3, -0.25) is 9.53 Å². The lowest BCUT2D eigenvalue weighted by Crippen LogP contribution is -2.06. The summed E-state index contributed by atoms with van der Waals surface area (Å²) in [4.78, 5) is 15.3. The van der Waals surface area contributed by atoms with Crippen LogP contribution in [0.2, 0.25) is 0 Å². The highest BCUT2D eigenvalue weighted by molar-refractivity contribution is 7.84. The van der Waals surface area contributed by atoms with Crippen LogP contribution >= 0.6 is 11.3 Å². The molecule has 0 aliphatic carbocycles. The van der Waals surface area contributed by atoms with E-state index < -0.39 is 16.9 Å². The van der Waals surface area contributed by atoms with Crippen LogP contribution in [0.4, 0.5) is 9.93 Å². The molecular weight excluding hydrogens is 272 g/mol. The Bertz CT molecular complexity index is 610. The average Bonchev–Trinajstić information content (AvgIpc) is 2.76. The van der Waals surface area contributed by atoms with Crippen LogP contribution in [0.25, 0.3) is 11.3 Å². The molecule has 1 atom stereocenters. The lowest BCUT2D eigenvalue weighted by atomic mass is 10.2. The van der Waals surface area contributed by atoms with E-state index in [4.69, 9.17) is 5.11 Å². The maximum absolute atomic E-state index is 11.6. The quantitative estimate of drug-likeness (QED) is 0.907. The van der Waals surface area contributed by atoms with Gasteiger partial charge in [-0.25, -0.2) is 9.78 Å². The summed E-state index contributed by atoms with van der Waals surface area (Å²) in [5.74, 6) is 0. The lowest BCUT2D eigenvalue weighted by molar-refractivity contribution is 0.209. The predicted octanol–water partition coefficient (Wildman–Crippen LogP) is 2.64. The van der Waals surface area contributed by atoms with Crippen molar-refractivity contribution >= 4 is 33.4 Å². The zero-order valence-electron chi connectivity index (χ0n) is 9.41. The van der Waals surface area contributed by atoms with Crippen molar-refractivity contribution in [2.45, 2.75) is 4.90 Å². The van der Waals surface area contributed by atoms with Gasteiger partial charge in [0.15, 0.2) is 5.13 Å². The Morgan fingerprint density at radius 2 is 2.17 bits per heavy atom. The summed E-state index contributed by atoms with van der Waals surface area (Å²) in [7, 11) is -1.11. The topological polar surface area (TPSA) is 79.3 Å². The summed E-state index contributed by atoms with van der Waals surface area (Å²) in [5, 5.41) is 12.8. The number of amides is 1. The van der Waals surface area contributed by atoms with Crippen LogP contribution in [-0.2, 0) is 10.8 Å². The van der Waals surface area contributed by atoms with Crippen molar-refractivity contribution < 1.29 is 14.1 Å². The van der Waals surface area contributed by atoms with Crippen molar-refractivity contribution in [2.24, 2.45) is 0 Å². The third-order valence-corrected chi connectivity index (χ3v) is 3.92. The van der Waals surface area contributed by atoms with Gasteiger partial charge < -0.3 is 5.11 Å². The van der Waals surface area contributed by atoms with E-state index in [0.717, 1.165) is 5.56 Å². The van der Waals surface area contributed by atoms with Gasteiger partial charge in [0.05, 0.1) is 16.5 Å². The molecule has 18 heavy (non-hydrogen) atoms. The molecule has 1 heterocycles. The fourth-order valence-electron chi connectivity index (χ4n) is 1.48. The molecule has 0 radical (unpaired) electrons. The highest BCUT2D eigenvalue weighted by Crippen LogP contribution is 2.28. The minimum absolute atomic E-state index is 0.300. The Hall–Kier alpha value is -1.73. The second-order valence-electron chi connectivity index (χ2n) is 3.42. The fourth-order valence-corrected chi connectivity index (χ4v) is 2.93. The number of nitrogens with zero attached hydrogens (tertiary/aromatic N) is 1. The number of nitrogens with one attached hydrogen (secondary N) is 1. The standard InChI is InChI=1S/C11H10N2O3S2/c1-18(16)9-5-3-2-4-7(9)8-6-17-10(12-8)13-11(14)15/h2-6H,1H3,(H,12,13)(H,14,15). The smallest absolute Gasteiger partial charge is 0.410 e. The van der Waals surface area contributed by atoms with E-state index in [2.05, 4.69) is 10.3 Å². The molecule has 0 bridgehead atoms. The SMILES string of the molecule is CS(=O)c1ccccc1-c1csc(NC(=O)O)n1. The largest absolute Gasteiger partial charge is 0.465 e. The summed E-state index contributed by atoms with van der Waals surface area (Å²) in [6.45, 7) is 0. The van der Waals surface area contributed by atoms with Crippen LogP contribution in [0.1, 0.15) is 0 Å². The normalized spacial score (nSPS) is 12.1. The van der Waals surface area contributed by atoms with E-state index in [0.29, 0.717) is 15.7 Å². The van der Waals surface area contributed by atoms with Crippen LogP contribution in [-0.4, -0.2) is 26.6 Å². The summed E-state index contributed by atoms with van der Waals surface area (Å²) < 4.78 is 11.6. The Balaban J connectivity index is 2.40. The van der Waals surface area contributed by atoms with Crippen molar-refractivity contribution in [1.29, 1.82) is 0 Å². The molecule has 1 unspecified atom stereocenters. The van der Waals surface area contributed by atoms with Crippen molar-refractivity contribution in [3.05, 3.63) is 29.6 Å². The molecule has 2 N–H and O–H groups in total. The molecule has 0 spiro atoms. The van der Waals surface area contributed by atoms with Gasteiger partial charge in [-0.2, -0.15) is 0 Å². The van der Waals surface area contributed by atoms with Gasteiger partial charge in [-0.05, 0) is 6.07 Å². The van der Waals surface area contributed by atoms with E-state index in [1.807, 2.05) is 18.2 Å². The molecule has 7 heteroatoms. The third kappa shape index (κ3) is 2.74. The number of carboxylic acid groups (broad SMARTS) is 1. The predicted molar refractivity (Wildman–Crippen MR) is 71.5 cm³/mol. The number of rotatable bonds is 3. The van der Waals surface area contributed by atoms with Gasteiger partial charge in [-0.15, -0.1) is 11.3 Å². The number of carbonyl (C=O) groups is 1. The number of hydrogen-bond donors (Lipinski definition) is 2. The Labute approximate surface area is 110 Å². The maximum Gasteiger partial charge on any atom is 0.410 e. The molecule has 0 aliphatic rings. The van der Waals surface area contributed by atoms with Crippen LogP contribution in [0, 0.1) is 0 Å². The number of aromatic nitrogens is 1. The highest BCUT2D eigenvalue weighted by atomic mass is 32.2. The molecule has 0 fully saturated rings. The summed E-state index contributed by atoms with van der Waals surface area (Å²) in [6, 6.07) is 7.23. The first-order valence-electron chi connectivity index (χ1n) is 4.96. The zero-order chi connectivity index (χ0) is 13.1. The molecule has 94 valence electrons. The van der Waals surface area contributed by atoms with Crippen molar-refractivity contribution in [3.63, 3.8) is 0 Å². The van der Waals surface area contributed by atoms with Gasteiger partial charge in [0, 0.05) is 22.1 Å². The van der Waals surface area contributed by atoms with Gasteiger partial charge >= 0.3 is 6.09 Å². The molecular formula is C11H10N2O3S2. The second kappa shape index (κ2) is 5.28. The van der Waals surface area contributed by atoms with Crippen molar-refractivity contribution in [1.82, 2.24) is 4.98 Å². The van der Waals surface area contributed by atoms with Crippen molar-refractivity contribution in [3.8, 4) is 11.3 Å². The number of anilines is 1. The van der Waals surface area contributed by atoms with Gasteiger partial charge in [0.1, 0.15) is 0 Å². The van der Waals surface area contributed by atoms with Crippen LogP contribution in [0.5, 0.6) is 0 Å². The first-order chi connectivity index (χ1) is 8.58. The molecule has 0 aliphatic heterocycles.